The lowest BCUT2D eigenvalue weighted by molar-refractivity contribution is -0.127. The monoisotopic (exact) mass is 433 g/mol. The van der Waals surface area contributed by atoms with E-state index in [4.69, 9.17) is 4.74 Å². The van der Waals surface area contributed by atoms with Crippen molar-refractivity contribution in [3.63, 3.8) is 0 Å². The molecule has 3 rings (SSSR count). The fraction of sp³-hybridized carbons (Fsp3) is 0.522. The number of carbonyl (C=O) groups excluding carboxylic acids is 2. The van der Waals surface area contributed by atoms with E-state index in [1.807, 2.05) is 30.3 Å². The zero-order valence-corrected chi connectivity index (χ0v) is 18.5. The zero-order valence-electron chi connectivity index (χ0n) is 18.5. The van der Waals surface area contributed by atoms with Crippen LogP contribution in [-0.2, 0) is 15.1 Å². The number of aromatic nitrogens is 1. The van der Waals surface area contributed by atoms with Crippen LogP contribution in [0, 0.1) is 0 Å². The number of rotatable bonds is 4. The van der Waals surface area contributed by atoms with E-state index in [2.05, 4.69) is 10.3 Å². The molecule has 8 heteroatoms. The van der Waals surface area contributed by atoms with Gasteiger partial charge in [0, 0.05) is 24.5 Å². The van der Waals surface area contributed by atoms with Gasteiger partial charge in [0.2, 0.25) is 5.91 Å². The van der Waals surface area contributed by atoms with Crippen LogP contribution in [0.4, 0.5) is 13.6 Å². The number of pyridine rings is 1. The van der Waals surface area contributed by atoms with Gasteiger partial charge in [-0.15, -0.1) is 0 Å². The SMILES string of the molecule is CC(C)(C)OC(=O)N1CCC(F)(F)C1CC(=O)NC(C)(C)c1nccc2ccccc12. The standard InChI is InChI=1S/C23H29F2N3O3/c1-21(2,3)31-20(30)28-13-11-23(24,25)17(28)14-18(29)27-22(4,5)19-16-9-7-6-8-15(16)10-12-26-19/h6-10,12,17H,11,13-14H2,1-5H3,(H,27,29). The number of nitrogens with zero attached hydrogens (tertiary/aromatic N) is 2. The van der Waals surface area contributed by atoms with Crippen LogP contribution in [0.2, 0.25) is 0 Å². The summed E-state index contributed by atoms with van der Waals surface area (Å²) in [7, 11) is 0. The van der Waals surface area contributed by atoms with E-state index in [1.54, 1.807) is 40.8 Å². The van der Waals surface area contributed by atoms with Gasteiger partial charge in [0.15, 0.2) is 0 Å². The molecule has 1 saturated heterocycles. The lowest BCUT2D eigenvalue weighted by atomic mass is 9.94. The predicted octanol–water partition coefficient (Wildman–Crippen LogP) is 4.62. The minimum Gasteiger partial charge on any atom is -0.444 e. The molecule has 0 radical (unpaired) electrons. The van der Waals surface area contributed by atoms with E-state index in [0.29, 0.717) is 5.69 Å². The quantitative estimate of drug-likeness (QED) is 0.764. The van der Waals surface area contributed by atoms with E-state index in [0.717, 1.165) is 15.7 Å². The average Bonchev–Trinajstić information content (AvgIpc) is 2.94. The van der Waals surface area contributed by atoms with E-state index in [9.17, 15) is 18.4 Å². The second-order valence-corrected chi connectivity index (χ2v) is 9.46. The Morgan fingerprint density at radius 3 is 2.55 bits per heavy atom. The molecule has 31 heavy (non-hydrogen) atoms. The first-order valence-electron chi connectivity index (χ1n) is 10.3. The summed E-state index contributed by atoms with van der Waals surface area (Å²) in [6.07, 6.45) is -0.211. The maximum absolute atomic E-state index is 14.5. The van der Waals surface area contributed by atoms with Crippen LogP contribution < -0.4 is 5.32 Å². The molecule has 1 aliphatic rings. The third-order valence-corrected chi connectivity index (χ3v) is 5.27. The fourth-order valence-corrected chi connectivity index (χ4v) is 3.87. The third kappa shape index (κ3) is 5.11. The highest BCUT2D eigenvalue weighted by Gasteiger charge is 2.52. The highest BCUT2D eigenvalue weighted by atomic mass is 19.3. The van der Waals surface area contributed by atoms with Gasteiger partial charge in [-0.05, 0) is 46.1 Å². The summed E-state index contributed by atoms with van der Waals surface area (Å²) in [6, 6.07) is 7.94. The molecule has 2 amide bonds. The third-order valence-electron chi connectivity index (χ3n) is 5.27. The van der Waals surface area contributed by atoms with Crippen molar-refractivity contribution < 1.29 is 23.1 Å². The number of likely N-dealkylation sites (tertiary alicyclic amines) is 1. The molecule has 1 unspecified atom stereocenters. The first-order chi connectivity index (χ1) is 14.3. The summed E-state index contributed by atoms with van der Waals surface area (Å²) in [5, 5.41) is 4.66. The number of alkyl halides is 2. The summed E-state index contributed by atoms with van der Waals surface area (Å²) in [5.74, 6) is -3.75. The Labute approximate surface area is 181 Å². The maximum atomic E-state index is 14.5. The van der Waals surface area contributed by atoms with Crippen molar-refractivity contribution in [2.45, 2.75) is 70.6 Å². The van der Waals surface area contributed by atoms with Crippen LogP contribution in [0.1, 0.15) is 53.2 Å². The molecule has 2 heterocycles. The molecule has 1 aromatic heterocycles. The summed E-state index contributed by atoms with van der Waals surface area (Å²) in [5.41, 5.74) is -1.08. The van der Waals surface area contributed by atoms with Crippen LogP contribution >= 0.6 is 0 Å². The van der Waals surface area contributed by atoms with Crippen LogP contribution in [0.25, 0.3) is 10.8 Å². The Morgan fingerprint density at radius 1 is 1.19 bits per heavy atom. The molecule has 1 N–H and O–H groups in total. The highest BCUT2D eigenvalue weighted by Crippen LogP contribution is 2.37. The molecule has 1 aromatic carbocycles. The largest absolute Gasteiger partial charge is 0.444 e. The van der Waals surface area contributed by atoms with Gasteiger partial charge < -0.3 is 10.1 Å². The van der Waals surface area contributed by atoms with Gasteiger partial charge in [0.1, 0.15) is 11.6 Å². The van der Waals surface area contributed by atoms with Gasteiger partial charge in [-0.25, -0.2) is 13.6 Å². The summed E-state index contributed by atoms with van der Waals surface area (Å²) < 4.78 is 34.3. The van der Waals surface area contributed by atoms with Crippen LogP contribution in [0.15, 0.2) is 36.5 Å². The number of fused-ring (bicyclic) bond motifs is 1. The zero-order chi connectivity index (χ0) is 23.0. The van der Waals surface area contributed by atoms with E-state index in [-0.39, 0.29) is 6.54 Å². The first-order valence-corrected chi connectivity index (χ1v) is 10.3. The first kappa shape index (κ1) is 22.9. The van der Waals surface area contributed by atoms with Crippen molar-refractivity contribution in [1.29, 1.82) is 0 Å². The van der Waals surface area contributed by atoms with Gasteiger partial charge in [-0.3, -0.25) is 14.7 Å². The highest BCUT2D eigenvalue weighted by molar-refractivity contribution is 5.86. The molecular weight excluding hydrogens is 404 g/mol. The molecule has 1 fully saturated rings. The summed E-state index contributed by atoms with van der Waals surface area (Å²) >= 11 is 0. The number of benzene rings is 1. The van der Waals surface area contributed by atoms with E-state index in [1.165, 1.54) is 0 Å². The molecule has 168 valence electrons. The van der Waals surface area contributed by atoms with E-state index < -0.39 is 47.9 Å². The lowest BCUT2D eigenvalue weighted by Crippen LogP contribution is -2.49. The molecular formula is C23H29F2N3O3. The van der Waals surface area contributed by atoms with Crippen molar-refractivity contribution >= 4 is 22.8 Å². The van der Waals surface area contributed by atoms with Crippen molar-refractivity contribution in [2.75, 3.05) is 6.54 Å². The van der Waals surface area contributed by atoms with Crippen LogP contribution in [0.3, 0.4) is 0 Å². The number of carbonyl (C=O) groups is 2. The molecule has 6 nitrogen and oxygen atoms in total. The molecule has 0 aliphatic carbocycles. The Bertz CT molecular complexity index is 980. The number of amides is 2. The minimum absolute atomic E-state index is 0.159. The van der Waals surface area contributed by atoms with Gasteiger partial charge in [-0.2, -0.15) is 0 Å². The van der Waals surface area contributed by atoms with Crippen LogP contribution in [-0.4, -0.2) is 46.0 Å². The fourth-order valence-electron chi connectivity index (χ4n) is 3.87. The van der Waals surface area contributed by atoms with Gasteiger partial charge in [-0.1, -0.05) is 24.3 Å². The Kier molecular flexibility index (Phi) is 5.95. The smallest absolute Gasteiger partial charge is 0.410 e. The van der Waals surface area contributed by atoms with Gasteiger partial charge in [0.25, 0.3) is 5.92 Å². The molecule has 1 aliphatic heterocycles. The Hall–Kier alpha value is -2.77. The van der Waals surface area contributed by atoms with Crippen molar-refractivity contribution in [3.8, 4) is 0 Å². The molecule has 0 bridgehead atoms. The number of hydrogen-bond donors (Lipinski definition) is 1. The second kappa shape index (κ2) is 8.05. The lowest BCUT2D eigenvalue weighted by Gasteiger charge is -2.32. The van der Waals surface area contributed by atoms with Gasteiger partial charge >= 0.3 is 6.09 Å². The normalized spacial score (nSPS) is 18.8. The van der Waals surface area contributed by atoms with Crippen molar-refractivity contribution in [2.24, 2.45) is 0 Å². The van der Waals surface area contributed by atoms with Crippen LogP contribution in [0.5, 0.6) is 0 Å². The Morgan fingerprint density at radius 2 is 1.87 bits per heavy atom. The number of hydrogen-bond acceptors (Lipinski definition) is 4. The minimum atomic E-state index is -3.17. The van der Waals surface area contributed by atoms with Gasteiger partial charge in [0.05, 0.1) is 17.7 Å². The maximum Gasteiger partial charge on any atom is 0.410 e. The number of nitrogens with one attached hydrogen (secondary N) is 1. The predicted molar refractivity (Wildman–Crippen MR) is 114 cm³/mol. The van der Waals surface area contributed by atoms with Crippen molar-refractivity contribution in [1.82, 2.24) is 15.2 Å². The second-order valence-electron chi connectivity index (χ2n) is 9.46. The molecule has 1 atom stereocenters. The average molecular weight is 433 g/mol. The Balaban J connectivity index is 1.78. The van der Waals surface area contributed by atoms with E-state index >= 15 is 0 Å². The topological polar surface area (TPSA) is 71.5 Å². The van der Waals surface area contributed by atoms with Crippen molar-refractivity contribution in [3.05, 3.63) is 42.2 Å². The molecule has 0 saturated carbocycles. The number of ether oxygens (including phenoxy) is 1. The number of halogens is 2. The molecule has 0 spiro atoms. The molecule has 2 aromatic rings. The summed E-state index contributed by atoms with van der Waals surface area (Å²) in [4.78, 5) is 30.6. The summed E-state index contributed by atoms with van der Waals surface area (Å²) in [6.45, 7) is 8.39.